The van der Waals surface area contributed by atoms with E-state index in [1.807, 2.05) is 0 Å². The lowest BCUT2D eigenvalue weighted by Gasteiger charge is -2.29. The van der Waals surface area contributed by atoms with Crippen LogP contribution in [0, 0.1) is 0 Å². The zero-order valence-electron chi connectivity index (χ0n) is 10.0. The normalized spacial score (nSPS) is 17.9. The summed E-state index contributed by atoms with van der Waals surface area (Å²) in [5.74, 6) is 0.0120. The van der Waals surface area contributed by atoms with Crippen molar-refractivity contribution in [2.45, 2.75) is 18.9 Å². The van der Waals surface area contributed by atoms with Crippen LogP contribution in [0.1, 0.15) is 23.2 Å². The predicted octanol–water partition coefficient (Wildman–Crippen LogP) is 2.60. The maximum atomic E-state index is 12.2. The van der Waals surface area contributed by atoms with Gasteiger partial charge < -0.3 is 5.73 Å². The number of likely N-dealkylation sites (tertiary alicyclic amines) is 1. The van der Waals surface area contributed by atoms with Gasteiger partial charge in [0.2, 0.25) is 0 Å². The maximum Gasteiger partial charge on any atom is 0.178 e. The van der Waals surface area contributed by atoms with Crippen molar-refractivity contribution >= 4 is 29.0 Å². The molecule has 18 heavy (non-hydrogen) atoms. The topological polar surface area (TPSA) is 46.3 Å². The van der Waals surface area contributed by atoms with Crippen LogP contribution in [0.5, 0.6) is 0 Å². The molecule has 98 valence electrons. The Bertz CT molecular complexity index is 443. The summed E-state index contributed by atoms with van der Waals surface area (Å²) in [7, 11) is 0. The van der Waals surface area contributed by atoms with Crippen LogP contribution in [0.3, 0.4) is 0 Å². The number of nitrogens with two attached hydrogens (primary N) is 1. The van der Waals surface area contributed by atoms with Gasteiger partial charge in [-0.05, 0) is 31.0 Å². The lowest BCUT2D eigenvalue weighted by molar-refractivity contribution is 0.0910. The van der Waals surface area contributed by atoms with Gasteiger partial charge in [0, 0.05) is 29.7 Å². The van der Waals surface area contributed by atoms with Crippen molar-refractivity contribution in [1.29, 1.82) is 0 Å². The van der Waals surface area contributed by atoms with Gasteiger partial charge in [-0.3, -0.25) is 9.69 Å². The maximum absolute atomic E-state index is 12.2. The monoisotopic (exact) mass is 286 g/mol. The first-order valence-electron chi connectivity index (χ1n) is 6.02. The van der Waals surface area contributed by atoms with Crippen molar-refractivity contribution in [3.63, 3.8) is 0 Å². The molecule has 1 fully saturated rings. The zero-order chi connectivity index (χ0) is 13.1. The Kier molecular flexibility index (Phi) is 4.62. The zero-order valence-corrected chi connectivity index (χ0v) is 11.5. The minimum Gasteiger partial charge on any atom is -0.328 e. The summed E-state index contributed by atoms with van der Waals surface area (Å²) in [6, 6.07) is 5.23. The molecule has 0 saturated carbocycles. The van der Waals surface area contributed by atoms with Crippen LogP contribution in [0.2, 0.25) is 10.0 Å². The number of rotatable bonds is 3. The van der Waals surface area contributed by atoms with Crippen molar-refractivity contribution in [2.24, 2.45) is 5.73 Å². The average molecular weight is 287 g/mol. The second-order valence-electron chi connectivity index (χ2n) is 4.66. The molecule has 1 heterocycles. The number of piperidine rings is 1. The molecule has 1 saturated heterocycles. The predicted molar refractivity (Wildman–Crippen MR) is 74.4 cm³/mol. The fourth-order valence-corrected chi connectivity index (χ4v) is 2.51. The first-order valence-corrected chi connectivity index (χ1v) is 6.78. The van der Waals surface area contributed by atoms with Crippen molar-refractivity contribution < 1.29 is 4.79 Å². The minimum atomic E-state index is 0.0120. The van der Waals surface area contributed by atoms with Crippen LogP contribution in [0.15, 0.2) is 18.2 Å². The molecule has 2 N–H and O–H groups in total. The van der Waals surface area contributed by atoms with Gasteiger partial charge in [0.25, 0.3) is 0 Å². The molecule has 1 aromatic rings. The molecule has 0 unspecified atom stereocenters. The van der Waals surface area contributed by atoms with E-state index in [2.05, 4.69) is 4.90 Å². The lowest BCUT2D eigenvalue weighted by atomic mass is 10.0. The van der Waals surface area contributed by atoms with Crippen molar-refractivity contribution in [3.05, 3.63) is 33.8 Å². The molecule has 5 heteroatoms. The van der Waals surface area contributed by atoms with E-state index in [9.17, 15) is 4.79 Å². The summed E-state index contributed by atoms with van der Waals surface area (Å²) in [4.78, 5) is 14.3. The van der Waals surface area contributed by atoms with Crippen molar-refractivity contribution in [2.75, 3.05) is 19.6 Å². The Balaban J connectivity index is 2.01. The molecular formula is C13H16Cl2N2O. The molecule has 0 atom stereocenters. The number of Topliss-reactive ketones (excluding diaryl/α,β-unsaturated/α-hetero) is 1. The summed E-state index contributed by atoms with van der Waals surface area (Å²) in [6.07, 6.45) is 1.88. The molecular weight excluding hydrogens is 271 g/mol. The molecule has 0 spiro atoms. The Morgan fingerprint density at radius 1 is 1.33 bits per heavy atom. The number of hydrogen-bond donors (Lipinski definition) is 1. The first-order chi connectivity index (χ1) is 8.56. The van der Waals surface area contributed by atoms with Gasteiger partial charge in [0.15, 0.2) is 5.78 Å². The summed E-state index contributed by atoms with van der Waals surface area (Å²) in [5, 5.41) is 0.988. The number of carbonyl (C=O) groups is 1. The van der Waals surface area contributed by atoms with Crippen LogP contribution >= 0.6 is 23.2 Å². The highest BCUT2D eigenvalue weighted by atomic mass is 35.5. The number of hydrogen-bond acceptors (Lipinski definition) is 3. The van der Waals surface area contributed by atoms with Crippen LogP contribution in [0.25, 0.3) is 0 Å². The van der Waals surface area contributed by atoms with Crippen LogP contribution < -0.4 is 5.73 Å². The van der Waals surface area contributed by atoms with Crippen molar-refractivity contribution in [3.8, 4) is 0 Å². The fourth-order valence-electron chi connectivity index (χ4n) is 2.11. The second kappa shape index (κ2) is 6.02. The SMILES string of the molecule is NC1CCN(CC(=O)c2cc(Cl)ccc2Cl)CC1. The molecule has 0 aromatic heterocycles. The van der Waals surface area contributed by atoms with E-state index < -0.39 is 0 Å². The molecule has 2 rings (SSSR count). The third-order valence-corrected chi connectivity index (χ3v) is 3.79. The number of ketones is 1. The highest BCUT2D eigenvalue weighted by Crippen LogP contribution is 2.21. The molecule has 0 amide bonds. The quantitative estimate of drug-likeness (QED) is 0.869. The van der Waals surface area contributed by atoms with Gasteiger partial charge in [0.05, 0.1) is 11.6 Å². The molecule has 0 bridgehead atoms. The Hall–Kier alpha value is -0.610. The van der Waals surface area contributed by atoms with E-state index in [-0.39, 0.29) is 11.8 Å². The Labute approximate surface area is 117 Å². The fraction of sp³-hybridized carbons (Fsp3) is 0.462. The summed E-state index contributed by atoms with van der Waals surface area (Å²) in [6.45, 7) is 2.11. The van der Waals surface area contributed by atoms with Crippen molar-refractivity contribution in [1.82, 2.24) is 4.90 Å². The standard InChI is InChI=1S/C13H16Cl2N2O/c14-9-1-2-12(15)11(7-9)13(18)8-17-5-3-10(16)4-6-17/h1-2,7,10H,3-6,8,16H2. The van der Waals surface area contributed by atoms with Crippen LogP contribution in [0.4, 0.5) is 0 Å². The summed E-state index contributed by atoms with van der Waals surface area (Å²) in [5.41, 5.74) is 6.33. The molecule has 1 aliphatic heterocycles. The van der Waals surface area contributed by atoms with Gasteiger partial charge in [0.1, 0.15) is 0 Å². The average Bonchev–Trinajstić information content (AvgIpc) is 2.35. The van der Waals surface area contributed by atoms with E-state index in [0.717, 1.165) is 25.9 Å². The number of benzene rings is 1. The van der Waals surface area contributed by atoms with Gasteiger partial charge >= 0.3 is 0 Å². The lowest BCUT2D eigenvalue weighted by Crippen LogP contribution is -2.41. The van der Waals surface area contributed by atoms with E-state index >= 15 is 0 Å². The third-order valence-electron chi connectivity index (χ3n) is 3.23. The Morgan fingerprint density at radius 3 is 2.67 bits per heavy atom. The highest BCUT2D eigenvalue weighted by molar-refractivity contribution is 6.36. The van der Waals surface area contributed by atoms with E-state index in [0.29, 0.717) is 22.2 Å². The molecule has 0 radical (unpaired) electrons. The molecule has 1 aliphatic rings. The van der Waals surface area contributed by atoms with Gasteiger partial charge in [-0.15, -0.1) is 0 Å². The van der Waals surface area contributed by atoms with Gasteiger partial charge in [-0.2, -0.15) is 0 Å². The van der Waals surface area contributed by atoms with Crippen LogP contribution in [-0.4, -0.2) is 36.4 Å². The molecule has 0 aliphatic carbocycles. The van der Waals surface area contributed by atoms with E-state index in [1.54, 1.807) is 18.2 Å². The van der Waals surface area contributed by atoms with Gasteiger partial charge in [-0.25, -0.2) is 0 Å². The van der Waals surface area contributed by atoms with Gasteiger partial charge in [-0.1, -0.05) is 23.2 Å². The van der Waals surface area contributed by atoms with E-state index in [1.165, 1.54) is 0 Å². The van der Waals surface area contributed by atoms with E-state index in [4.69, 9.17) is 28.9 Å². The largest absolute Gasteiger partial charge is 0.328 e. The minimum absolute atomic E-state index is 0.0120. The highest BCUT2D eigenvalue weighted by Gasteiger charge is 2.20. The first kappa shape index (κ1) is 13.8. The van der Waals surface area contributed by atoms with Crippen LogP contribution in [-0.2, 0) is 0 Å². The number of carbonyl (C=O) groups excluding carboxylic acids is 1. The number of halogens is 2. The number of nitrogens with zero attached hydrogens (tertiary/aromatic N) is 1. The summed E-state index contributed by atoms with van der Waals surface area (Å²) >= 11 is 11.9. The Morgan fingerprint density at radius 2 is 2.00 bits per heavy atom. The summed E-state index contributed by atoms with van der Waals surface area (Å²) < 4.78 is 0. The second-order valence-corrected chi connectivity index (χ2v) is 5.50. The molecule has 3 nitrogen and oxygen atoms in total. The molecule has 1 aromatic carbocycles. The third kappa shape index (κ3) is 3.45. The smallest absolute Gasteiger partial charge is 0.178 e.